The zero-order valence-corrected chi connectivity index (χ0v) is 29.2. The summed E-state index contributed by atoms with van der Waals surface area (Å²) in [6.07, 6.45) is 4.29. The summed E-state index contributed by atoms with van der Waals surface area (Å²) in [6.45, 7) is 0. The molecule has 0 unspecified atom stereocenters. The molecule has 8 aromatic rings. The van der Waals surface area contributed by atoms with Crippen molar-refractivity contribution in [3.8, 4) is 22.5 Å². The molecule has 0 aliphatic heterocycles. The van der Waals surface area contributed by atoms with Gasteiger partial charge in [0.15, 0.2) is 12.4 Å². The number of rotatable bonds is 7. The minimum atomic E-state index is 0.731. The molecule has 242 valence electrons. The highest BCUT2D eigenvalue weighted by molar-refractivity contribution is 6.31. The summed E-state index contributed by atoms with van der Waals surface area (Å²) in [4.78, 5) is 4.40. The van der Waals surface area contributed by atoms with Gasteiger partial charge in [-0.15, -0.1) is 0 Å². The largest absolute Gasteiger partial charge is 0.344 e. The Labute approximate surface area is 302 Å². The van der Waals surface area contributed by atoms with Crippen molar-refractivity contribution in [2.75, 3.05) is 23.9 Å². The lowest BCUT2D eigenvalue weighted by Crippen LogP contribution is -2.31. The first kappa shape index (κ1) is 31.6. The van der Waals surface area contributed by atoms with Gasteiger partial charge in [0, 0.05) is 84.0 Å². The zero-order chi connectivity index (χ0) is 34.2. The van der Waals surface area contributed by atoms with E-state index in [-0.39, 0.29) is 0 Å². The molecule has 0 bridgehead atoms. The Balaban J connectivity index is 1.07. The van der Waals surface area contributed by atoms with E-state index < -0.39 is 0 Å². The highest BCUT2D eigenvalue weighted by atomic mass is 35.5. The Hall–Kier alpha value is -5.68. The van der Waals surface area contributed by atoms with Gasteiger partial charge in [-0.25, -0.2) is 0 Å². The van der Waals surface area contributed by atoms with E-state index in [1.807, 2.05) is 48.5 Å². The van der Waals surface area contributed by atoms with Crippen LogP contribution in [0.4, 0.5) is 22.7 Å². The molecule has 2 aromatic heterocycles. The van der Waals surface area contributed by atoms with Crippen LogP contribution in [0.3, 0.4) is 0 Å². The average Bonchev–Trinajstić information content (AvgIpc) is 3.17. The van der Waals surface area contributed by atoms with E-state index in [0.717, 1.165) is 55.2 Å². The maximum absolute atomic E-state index is 6.15. The Bertz CT molecular complexity index is 2280. The van der Waals surface area contributed by atoms with E-state index in [1.165, 1.54) is 21.9 Å². The summed E-state index contributed by atoms with van der Waals surface area (Å²) < 4.78 is 4.49. The summed E-state index contributed by atoms with van der Waals surface area (Å²) in [5.41, 5.74) is 11.2. The molecule has 0 N–H and O–H groups in total. The Morgan fingerprint density at radius 3 is 1.14 bits per heavy atom. The van der Waals surface area contributed by atoms with E-state index in [1.54, 1.807) is 0 Å². The number of fused-ring (bicyclic) bond motifs is 2. The van der Waals surface area contributed by atoms with Crippen molar-refractivity contribution in [1.82, 2.24) is 0 Å². The summed E-state index contributed by atoms with van der Waals surface area (Å²) >= 11 is 12.3. The van der Waals surface area contributed by atoms with Crippen LogP contribution in [-0.2, 0) is 0 Å². The molecule has 0 spiro atoms. The average molecular weight is 690 g/mol. The number of para-hydroxylation sites is 2. The quantitative estimate of drug-likeness (QED) is 0.155. The molecule has 0 fully saturated rings. The topological polar surface area (TPSA) is 14.2 Å². The van der Waals surface area contributed by atoms with Crippen LogP contribution in [0.25, 0.3) is 44.3 Å². The second kappa shape index (κ2) is 13.3. The van der Waals surface area contributed by atoms with Crippen molar-refractivity contribution >= 4 is 67.8 Å². The van der Waals surface area contributed by atoms with Gasteiger partial charge >= 0.3 is 0 Å². The molecule has 0 amide bonds. The molecule has 2 heterocycles. The molecular formula is C44H34Cl2N4+2. The fourth-order valence-electron chi connectivity index (χ4n) is 6.70. The number of anilines is 4. The summed E-state index contributed by atoms with van der Waals surface area (Å²) in [5.74, 6) is 0. The summed E-state index contributed by atoms with van der Waals surface area (Å²) in [6, 6.07) is 54.8. The molecule has 8 rings (SSSR count). The molecular weight excluding hydrogens is 655 g/mol. The SMILES string of the molecule is CN(c1ccc(Cl)cc1)c1cc[n+](-c2ccc(-c3ccc(-[n+]4ccc(N(C)c5ccc(Cl)cc5)c5ccccc54)cc3)cc2)c2ccccc12. The number of nitrogens with zero attached hydrogens (tertiary/aromatic N) is 4. The van der Waals surface area contributed by atoms with E-state index in [9.17, 15) is 0 Å². The van der Waals surface area contributed by atoms with E-state index in [2.05, 4.69) is 155 Å². The maximum Gasteiger partial charge on any atom is 0.220 e. The van der Waals surface area contributed by atoms with Crippen LogP contribution >= 0.6 is 23.2 Å². The zero-order valence-electron chi connectivity index (χ0n) is 27.7. The maximum atomic E-state index is 6.15. The number of benzene rings is 6. The third-order valence-electron chi connectivity index (χ3n) is 9.42. The van der Waals surface area contributed by atoms with Crippen LogP contribution in [-0.4, -0.2) is 14.1 Å². The Kier molecular flexibility index (Phi) is 8.41. The second-order valence-corrected chi connectivity index (χ2v) is 13.2. The minimum Gasteiger partial charge on any atom is -0.344 e. The first-order chi connectivity index (χ1) is 24.4. The van der Waals surface area contributed by atoms with Gasteiger partial charge in [-0.1, -0.05) is 47.5 Å². The third-order valence-corrected chi connectivity index (χ3v) is 9.92. The lowest BCUT2D eigenvalue weighted by Gasteiger charge is -2.20. The van der Waals surface area contributed by atoms with Gasteiger partial charge in [0.1, 0.15) is 0 Å². The molecule has 0 saturated heterocycles. The second-order valence-electron chi connectivity index (χ2n) is 12.3. The van der Waals surface area contributed by atoms with E-state index in [0.29, 0.717) is 0 Å². The van der Waals surface area contributed by atoms with Crippen LogP contribution < -0.4 is 18.9 Å². The summed E-state index contributed by atoms with van der Waals surface area (Å²) in [7, 11) is 4.18. The summed E-state index contributed by atoms with van der Waals surface area (Å²) in [5, 5.41) is 3.80. The van der Waals surface area contributed by atoms with Crippen LogP contribution in [0, 0.1) is 0 Å². The molecule has 50 heavy (non-hydrogen) atoms. The Morgan fingerprint density at radius 2 is 0.760 bits per heavy atom. The van der Waals surface area contributed by atoms with Crippen LogP contribution in [0.15, 0.2) is 170 Å². The number of pyridine rings is 2. The van der Waals surface area contributed by atoms with Crippen molar-refractivity contribution in [2.45, 2.75) is 0 Å². The van der Waals surface area contributed by atoms with Gasteiger partial charge in [-0.05, 0) is 96.1 Å². The van der Waals surface area contributed by atoms with Crippen molar-refractivity contribution in [3.63, 3.8) is 0 Å². The molecule has 0 aliphatic rings. The number of hydrogen-bond acceptors (Lipinski definition) is 2. The third kappa shape index (κ3) is 5.94. The first-order valence-electron chi connectivity index (χ1n) is 16.5. The van der Waals surface area contributed by atoms with Gasteiger partial charge in [0.2, 0.25) is 22.4 Å². The molecule has 6 aromatic carbocycles. The standard InChI is InChI=1S/C44H34Cl2N4/c1-47(35-23-15-33(45)16-24-35)41-27-29-49(43-9-5-3-7-39(41)43)37-19-11-31(12-20-37)32-13-21-38(22-14-32)50-30-28-42(40-8-4-6-10-44(40)50)48(2)36-25-17-34(46)18-26-36/h3-30H,1-2H3/q+2. The van der Waals surface area contributed by atoms with Crippen LogP contribution in [0.5, 0.6) is 0 Å². The highest BCUT2D eigenvalue weighted by Crippen LogP contribution is 2.33. The van der Waals surface area contributed by atoms with Crippen LogP contribution in [0.1, 0.15) is 0 Å². The normalized spacial score (nSPS) is 11.2. The van der Waals surface area contributed by atoms with Crippen molar-refractivity contribution in [3.05, 3.63) is 180 Å². The van der Waals surface area contributed by atoms with Crippen LogP contribution in [0.2, 0.25) is 10.0 Å². The van der Waals surface area contributed by atoms with Gasteiger partial charge in [-0.3, -0.25) is 0 Å². The van der Waals surface area contributed by atoms with E-state index in [4.69, 9.17) is 23.2 Å². The van der Waals surface area contributed by atoms with Gasteiger partial charge in [0.25, 0.3) is 0 Å². The van der Waals surface area contributed by atoms with Gasteiger partial charge in [-0.2, -0.15) is 9.13 Å². The monoisotopic (exact) mass is 688 g/mol. The molecule has 0 saturated carbocycles. The number of halogens is 2. The fraction of sp³-hybridized carbons (Fsp3) is 0.0455. The molecule has 0 aliphatic carbocycles. The first-order valence-corrected chi connectivity index (χ1v) is 17.3. The Morgan fingerprint density at radius 1 is 0.400 bits per heavy atom. The molecule has 4 nitrogen and oxygen atoms in total. The molecule has 0 radical (unpaired) electrons. The molecule has 0 atom stereocenters. The highest BCUT2D eigenvalue weighted by Gasteiger charge is 2.20. The number of aromatic nitrogens is 2. The number of hydrogen-bond donors (Lipinski definition) is 0. The van der Waals surface area contributed by atoms with Crippen molar-refractivity contribution < 1.29 is 9.13 Å². The van der Waals surface area contributed by atoms with E-state index >= 15 is 0 Å². The predicted molar refractivity (Wildman–Crippen MR) is 209 cm³/mol. The lowest BCUT2D eigenvalue weighted by molar-refractivity contribution is -0.567. The minimum absolute atomic E-state index is 0.731. The smallest absolute Gasteiger partial charge is 0.220 e. The lowest BCUT2D eigenvalue weighted by atomic mass is 10.0. The molecule has 6 heteroatoms. The predicted octanol–water partition coefficient (Wildman–Crippen LogP) is 11.1. The fourth-order valence-corrected chi connectivity index (χ4v) is 6.95. The van der Waals surface area contributed by atoms with Gasteiger partial charge in [0.05, 0.1) is 22.1 Å². The van der Waals surface area contributed by atoms with Gasteiger partial charge < -0.3 is 9.80 Å². The van der Waals surface area contributed by atoms with Crippen molar-refractivity contribution in [2.24, 2.45) is 0 Å². The van der Waals surface area contributed by atoms with Crippen molar-refractivity contribution in [1.29, 1.82) is 0 Å².